The molecular weight excluding hydrogens is 372 g/mol. The Morgan fingerprint density at radius 2 is 1.96 bits per heavy atom. The maximum absolute atomic E-state index is 12.1. The van der Waals surface area contributed by atoms with Crippen LogP contribution in [0.4, 0.5) is 5.69 Å². The first-order valence-electron chi connectivity index (χ1n) is 7.63. The summed E-state index contributed by atoms with van der Waals surface area (Å²) in [5.41, 5.74) is 3.52. The van der Waals surface area contributed by atoms with Gasteiger partial charge in [0.15, 0.2) is 0 Å². The summed E-state index contributed by atoms with van der Waals surface area (Å²) >= 11 is 3.19. The third kappa shape index (κ3) is 4.68. The molecule has 3 rings (SSSR count). The van der Waals surface area contributed by atoms with E-state index in [0.29, 0.717) is 11.1 Å². The number of esters is 1. The van der Waals surface area contributed by atoms with Crippen molar-refractivity contribution in [2.24, 2.45) is 0 Å². The van der Waals surface area contributed by atoms with Crippen molar-refractivity contribution in [3.63, 3.8) is 0 Å². The number of carbonyl (C=O) groups excluding carboxylic acids is 1. The number of hydrogen-bond acceptors (Lipinski definition) is 7. The number of rotatable bonds is 7. The fourth-order valence-electron chi connectivity index (χ4n) is 2.19. The van der Waals surface area contributed by atoms with Gasteiger partial charge in [-0.1, -0.05) is 12.1 Å². The summed E-state index contributed by atoms with van der Waals surface area (Å²) in [4.78, 5) is 27.9. The third-order valence-electron chi connectivity index (χ3n) is 3.51. The van der Waals surface area contributed by atoms with Crippen LogP contribution in [0, 0.1) is 10.1 Å². The lowest BCUT2D eigenvalue weighted by molar-refractivity contribution is -0.385. The Balaban J connectivity index is 1.57. The number of para-hydroxylation sites is 1. The fourth-order valence-corrected chi connectivity index (χ4v) is 3.66. The summed E-state index contributed by atoms with van der Waals surface area (Å²) in [6.45, 7) is -0.143. The summed E-state index contributed by atoms with van der Waals surface area (Å²) in [5.74, 6) is 0.254. The predicted molar refractivity (Wildman–Crippen MR) is 100 cm³/mol. The second-order valence-corrected chi connectivity index (χ2v) is 7.02. The van der Waals surface area contributed by atoms with Gasteiger partial charge >= 0.3 is 5.97 Å². The van der Waals surface area contributed by atoms with Gasteiger partial charge in [0.2, 0.25) is 0 Å². The van der Waals surface area contributed by atoms with Crippen molar-refractivity contribution in [3.8, 4) is 0 Å². The zero-order valence-electron chi connectivity index (χ0n) is 13.5. The van der Waals surface area contributed by atoms with Crippen molar-refractivity contribution in [2.45, 2.75) is 17.3 Å². The normalized spacial score (nSPS) is 10.5. The maximum atomic E-state index is 12.1. The minimum Gasteiger partial charge on any atom is -0.457 e. The Hall–Kier alpha value is -2.71. The van der Waals surface area contributed by atoms with Gasteiger partial charge in [-0.05, 0) is 30.3 Å². The van der Waals surface area contributed by atoms with E-state index in [-0.39, 0.29) is 12.3 Å². The first kappa shape index (κ1) is 18.1. The van der Waals surface area contributed by atoms with Crippen LogP contribution in [-0.4, -0.2) is 15.9 Å². The molecule has 0 atom stereocenters. The van der Waals surface area contributed by atoms with E-state index in [4.69, 9.17) is 4.74 Å². The van der Waals surface area contributed by atoms with E-state index in [1.54, 1.807) is 58.9 Å². The number of nitro groups is 1. The molecule has 0 saturated carbocycles. The molecule has 0 aliphatic carbocycles. The highest BCUT2D eigenvalue weighted by Gasteiger charge is 2.15. The molecule has 1 heterocycles. The number of carbonyl (C=O) groups is 1. The van der Waals surface area contributed by atoms with E-state index in [9.17, 15) is 14.9 Å². The topological polar surface area (TPSA) is 82.3 Å². The Morgan fingerprint density at radius 1 is 1.19 bits per heavy atom. The zero-order valence-corrected chi connectivity index (χ0v) is 15.2. The summed E-state index contributed by atoms with van der Waals surface area (Å²) in [5, 5.41) is 13.0. The molecule has 0 N–H and O–H groups in total. The number of nitro benzene ring substituents is 1. The van der Waals surface area contributed by atoms with E-state index < -0.39 is 10.9 Å². The van der Waals surface area contributed by atoms with Gasteiger partial charge in [-0.15, -0.1) is 23.1 Å². The van der Waals surface area contributed by atoms with Gasteiger partial charge in [0.25, 0.3) is 5.69 Å². The molecule has 26 heavy (non-hydrogen) atoms. The molecule has 2 aromatic carbocycles. The number of thiazole rings is 1. The molecule has 132 valence electrons. The molecule has 0 bridgehead atoms. The van der Waals surface area contributed by atoms with Crippen LogP contribution in [0.15, 0.2) is 64.3 Å². The molecule has 3 aromatic rings. The van der Waals surface area contributed by atoms with Gasteiger partial charge in [0.1, 0.15) is 6.61 Å². The average Bonchev–Trinajstić information content (AvgIpc) is 3.18. The summed E-state index contributed by atoms with van der Waals surface area (Å²) in [7, 11) is 0. The Labute approximate surface area is 158 Å². The van der Waals surface area contributed by atoms with Crippen LogP contribution in [0.2, 0.25) is 0 Å². The largest absolute Gasteiger partial charge is 0.457 e. The Kier molecular flexibility index (Phi) is 5.98. The van der Waals surface area contributed by atoms with Gasteiger partial charge in [-0.25, -0.2) is 9.78 Å². The van der Waals surface area contributed by atoms with Crippen LogP contribution >= 0.6 is 23.1 Å². The minimum absolute atomic E-state index is 0.0610. The number of aromatic nitrogens is 1. The maximum Gasteiger partial charge on any atom is 0.338 e. The lowest BCUT2D eigenvalue weighted by atomic mass is 10.2. The summed E-state index contributed by atoms with van der Waals surface area (Å²) < 4.78 is 5.20. The summed E-state index contributed by atoms with van der Waals surface area (Å²) in [6, 6.07) is 13.3. The van der Waals surface area contributed by atoms with E-state index in [2.05, 4.69) is 4.98 Å². The quantitative estimate of drug-likeness (QED) is 0.253. The molecule has 0 aliphatic heterocycles. The molecule has 0 saturated heterocycles. The van der Waals surface area contributed by atoms with Crippen LogP contribution in [0.25, 0.3) is 0 Å². The zero-order chi connectivity index (χ0) is 18.4. The van der Waals surface area contributed by atoms with Crippen LogP contribution in [-0.2, 0) is 17.1 Å². The minimum atomic E-state index is -0.515. The number of benzene rings is 2. The Bertz CT molecular complexity index is 896. The summed E-state index contributed by atoms with van der Waals surface area (Å²) in [6.07, 6.45) is 0. The highest BCUT2D eigenvalue weighted by molar-refractivity contribution is 7.98. The highest BCUT2D eigenvalue weighted by Crippen LogP contribution is 2.23. The lowest BCUT2D eigenvalue weighted by Crippen LogP contribution is -2.06. The van der Waals surface area contributed by atoms with Gasteiger partial charge in [0, 0.05) is 22.1 Å². The highest BCUT2D eigenvalue weighted by atomic mass is 32.2. The van der Waals surface area contributed by atoms with Crippen molar-refractivity contribution in [2.75, 3.05) is 0 Å². The van der Waals surface area contributed by atoms with Crippen molar-refractivity contribution in [1.29, 1.82) is 0 Å². The van der Waals surface area contributed by atoms with Gasteiger partial charge < -0.3 is 4.74 Å². The number of thioether (sulfide) groups is 1. The molecule has 8 heteroatoms. The van der Waals surface area contributed by atoms with Crippen LogP contribution in [0.5, 0.6) is 0 Å². The average molecular weight is 386 g/mol. The number of hydrogen-bond donors (Lipinski definition) is 0. The molecular formula is C18H14N2O4S2. The van der Waals surface area contributed by atoms with Crippen molar-refractivity contribution >= 4 is 34.8 Å². The first-order chi connectivity index (χ1) is 12.6. The molecule has 0 fully saturated rings. The number of ether oxygens (including phenoxy) is 1. The van der Waals surface area contributed by atoms with Crippen molar-refractivity contribution in [3.05, 3.63) is 86.4 Å². The molecule has 0 spiro atoms. The predicted octanol–water partition coefficient (Wildman–Crippen LogP) is 4.70. The SMILES string of the molecule is O=C(OCc1ccccc1[N+](=O)[O-])c1ccc(SCc2cscn2)cc1. The molecule has 1 aromatic heterocycles. The van der Waals surface area contributed by atoms with Crippen molar-refractivity contribution in [1.82, 2.24) is 4.98 Å². The molecule has 6 nitrogen and oxygen atoms in total. The van der Waals surface area contributed by atoms with E-state index in [1.807, 2.05) is 17.5 Å². The standard InChI is InChI=1S/C18H14N2O4S2/c21-18(24-9-14-3-1-2-4-17(14)20(22)23)13-5-7-16(8-6-13)26-11-15-10-25-12-19-15/h1-8,10,12H,9,11H2. The smallest absolute Gasteiger partial charge is 0.338 e. The molecule has 0 radical (unpaired) electrons. The van der Waals surface area contributed by atoms with E-state index in [0.717, 1.165) is 16.3 Å². The van der Waals surface area contributed by atoms with Crippen LogP contribution in [0.1, 0.15) is 21.6 Å². The second-order valence-electron chi connectivity index (χ2n) is 5.25. The first-order valence-corrected chi connectivity index (χ1v) is 9.55. The monoisotopic (exact) mass is 386 g/mol. The molecule has 0 unspecified atom stereocenters. The Morgan fingerprint density at radius 3 is 2.65 bits per heavy atom. The van der Waals surface area contributed by atoms with Gasteiger partial charge in [0.05, 0.1) is 27.3 Å². The fraction of sp³-hybridized carbons (Fsp3) is 0.111. The van der Waals surface area contributed by atoms with E-state index in [1.165, 1.54) is 6.07 Å². The van der Waals surface area contributed by atoms with Crippen LogP contribution in [0.3, 0.4) is 0 Å². The van der Waals surface area contributed by atoms with E-state index >= 15 is 0 Å². The van der Waals surface area contributed by atoms with Gasteiger partial charge in [-0.3, -0.25) is 10.1 Å². The second kappa shape index (κ2) is 8.59. The van der Waals surface area contributed by atoms with Crippen molar-refractivity contribution < 1.29 is 14.5 Å². The van der Waals surface area contributed by atoms with Crippen LogP contribution < -0.4 is 0 Å². The molecule has 0 aliphatic rings. The lowest BCUT2D eigenvalue weighted by Gasteiger charge is -2.06. The third-order valence-corrected chi connectivity index (χ3v) is 5.19. The molecule has 0 amide bonds. The number of nitrogens with zero attached hydrogens (tertiary/aromatic N) is 2. The van der Waals surface area contributed by atoms with Gasteiger partial charge in [-0.2, -0.15) is 0 Å².